The zero-order valence-electron chi connectivity index (χ0n) is 11.1. The van der Waals surface area contributed by atoms with Gasteiger partial charge in [-0.25, -0.2) is 4.79 Å². The molecule has 0 aliphatic carbocycles. The van der Waals surface area contributed by atoms with Gasteiger partial charge in [0.25, 0.3) is 5.91 Å². The smallest absolute Gasteiger partial charge is 0.348 e. The number of esters is 1. The lowest BCUT2D eigenvalue weighted by Gasteiger charge is -2.11. The molecule has 0 fully saturated rings. The molecule has 9 heteroatoms. The molecule has 1 aromatic heterocycles. The summed E-state index contributed by atoms with van der Waals surface area (Å²) in [5.41, 5.74) is 5.40. The van der Waals surface area contributed by atoms with Gasteiger partial charge in [-0.3, -0.25) is 15.6 Å². The van der Waals surface area contributed by atoms with Crippen LogP contribution in [0.5, 0.6) is 0 Å². The predicted molar refractivity (Wildman–Crippen MR) is 88.2 cm³/mol. The van der Waals surface area contributed by atoms with E-state index in [1.807, 2.05) is 0 Å². The largest absolute Gasteiger partial charge is 0.465 e. The third-order valence-electron chi connectivity index (χ3n) is 2.52. The van der Waals surface area contributed by atoms with E-state index in [4.69, 9.17) is 34.8 Å². The second kappa shape index (κ2) is 7.19. The molecule has 5 nitrogen and oxygen atoms in total. The number of rotatable bonds is 4. The van der Waals surface area contributed by atoms with Gasteiger partial charge in [-0.15, -0.1) is 11.3 Å². The van der Waals surface area contributed by atoms with Gasteiger partial charge in [0.1, 0.15) is 4.88 Å². The van der Waals surface area contributed by atoms with Crippen LogP contribution in [0.1, 0.15) is 19.3 Å². The van der Waals surface area contributed by atoms with Crippen molar-refractivity contribution in [2.75, 3.05) is 12.5 Å². The van der Waals surface area contributed by atoms with Crippen molar-refractivity contribution in [1.29, 1.82) is 0 Å². The van der Waals surface area contributed by atoms with Crippen LogP contribution in [0.3, 0.4) is 0 Å². The van der Waals surface area contributed by atoms with E-state index in [0.717, 1.165) is 11.3 Å². The molecule has 116 valence electrons. The topological polar surface area (TPSA) is 67.4 Å². The van der Waals surface area contributed by atoms with Gasteiger partial charge in [0, 0.05) is 5.02 Å². The Morgan fingerprint density at radius 1 is 1.09 bits per heavy atom. The minimum absolute atomic E-state index is 0.263. The fraction of sp³-hybridized carbons (Fsp3) is 0.0769. The Kier molecular flexibility index (Phi) is 5.52. The summed E-state index contributed by atoms with van der Waals surface area (Å²) in [7, 11) is 1.27. The number of benzene rings is 1. The summed E-state index contributed by atoms with van der Waals surface area (Å²) in [6.45, 7) is 0. The Labute approximate surface area is 145 Å². The average molecular weight is 380 g/mol. The van der Waals surface area contributed by atoms with Gasteiger partial charge in [-0.05, 0) is 24.3 Å². The van der Waals surface area contributed by atoms with Crippen molar-refractivity contribution in [3.8, 4) is 0 Å². The van der Waals surface area contributed by atoms with Gasteiger partial charge in [0.15, 0.2) is 0 Å². The van der Waals surface area contributed by atoms with Gasteiger partial charge in [0.2, 0.25) is 0 Å². The van der Waals surface area contributed by atoms with Crippen LogP contribution in [0, 0.1) is 0 Å². The van der Waals surface area contributed by atoms with Crippen LogP contribution in [0.25, 0.3) is 0 Å². The number of halogens is 3. The Balaban J connectivity index is 2.07. The van der Waals surface area contributed by atoms with E-state index in [2.05, 4.69) is 15.6 Å². The van der Waals surface area contributed by atoms with Crippen molar-refractivity contribution >= 4 is 63.7 Å². The molecule has 1 heterocycles. The SMILES string of the molecule is COC(=O)c1ccc(C(=O)NNc2c(Cl)cc(Cl)cc2Cl)s1. The molecule has 2 rings (SSSR count). The third kappa shape index (κ3) is 3.84. The highest BCUT2D eigenvalue weighted by Crippen LogP contribution is 2.33. The van der Waals surface area contributed by atoms with Crippen molar-refractivity contribution in [3.63, 3.8) is 0 Å². The number of anilines is 1. The summed E-state index contributed by atoms with van der Waals surface area (Å²) in [5, 5.41) is 0.909. The molecule has 0 aliphatic heterocycles. The van der Waals surface area contributed by atoms with Gasteiger partial charge in [0.05, 0.1) is 27.7 Å². The molecule has 0 saturated carbocycles. The molecule has 0 saturated heterocycles. The van der Waals surface area contributed by atoms with Crippen molar-refractivity contribution < 1.29 is 14.3 Å². The summed E-state index contributed by atoms with van der Waals surface area (Å²) in [6.07, 6.45) is 0. The number of ether oxygens (including phenoxy) is 1. The maximum atomic E-state index is 12.0. The lowest BCUT2D eigenvalue weighted by molar-refractivity contribution is 0.0606. The summed E-state index contributed by atoms with van der Waals surface area (Å²) < 4.78 is 4.58. The van der Waals surface area contributed by atoms with Crippen molar-refractivity contribution in [3.05, 3.63) is 49.1 Å². The summed E-state index contributed by atoms with van der Waals surface area (Å²) in [4.78, 5) is 24.0. The summed E-state index contributed by atoms with van der Waals surface area (Å²) in [5.74, 6) is -0.942. The van der Waals surface area contributed by atoms with Gasteiger partial charge in [-0.1, -0.05) is 34.8 Å². The summed E-state index contributed by atoms with van der Waals surface area (Å²) >= 11 is 18.8. The number of carbonyl (C=O) groups is 2. The molecular weight excluding hydrogens is 371 g/mol. The Morgan fingerprint density at radius 2 is 1.68 bits per heavy atom. The fourth-order valence-electron chi connectivity index (χ4n) is 1.51. The zero-order chi connectivity index (χ0) is 16.3. The quantitative estimate of drug-likeness (QED) is 0.615. The highest BCUT2D eigenvalue weighted by atomic mass is 35.5. The van der Waals surface area contributed by atoms with Crippen LogP contribution in [-0.4, -0.2) is 19.0 Å². The van der Waals surface area contributed by atoms with E-state index in [9.17, 15) is 9.59 Å². The first-order chi connectivity index (χ1) is 10.4. The molecule has 1 amide bonds. The van der Waals surface area contributed by atoms with Crippen LogP contribution >= 0.6 is 46.1 Å². The molecule has 2 N–H and O–H groups in total. The summed E-state index contributed by atoms with van der Waals surface area (Å²) in [6, 6.07) is 6.00. The zero-order valence-corrected chi connectivity index (χ0v) is 14.2. The molecule has 0 spiro atoms. The van der Waals surface area contributed by atoms with E-state index in [1.165, 1.54) is 31.4 Å². The van der Waals surface area contributed by atoms with E-state index >= 15 is 0 Å². The Hall–Kier alpha value is -1.47. The Bertz CT molecular complexity index is 710. The Morgan fingerprint density at radius 3 is 2.27 bits per heavy atom. The second-order valence-electron chi connectivity index (χ2n) is 3.98. The fourth-order valence-corrected chi connectivity index (χ4v) is 3.24. The second-order valence-corrected chi connectivity index (χ2v) is 6.31. The highest BCUT2D eigenvalue weighted by Gasteiger charge is 2.15. The number of hydrogen-bond donors (Lipinski definition) is 2. The lowest BCUT2D eigenvalue weighted by atomic mass is 10.3. The van der Waals surface area contributed by atoms with Crippen molar-refractivity contribution in [1.82, 2.24) is 5.43 Å². The van der Waals surface area contributed by atoms with Gasteiger partial charge in [-0.2, -0.15) is 0 Å². The van der Waals surface area contributed by atoms with Gasteiger partial charge < -0.3 is 4.74 Å². The van der Waals surface area contributed by atoms with Crippen LogP contribution in [0.15, 0.2) is 24.3 Å². The van der Waals surface area contributed by atoms with E-state index in [0.29, 0.717) is 20.5 Å². The highest BCUT2D eigenvalue weighted by molar-refractivity contribution is 7.15. The number of nitrogens with one attached hydrogen (secondary N) is 2. The maximum absolute atomic E-state index is 12.0. The number of methoxy groups -OCH3 is 1. The third-order valence-corrected chi connectivity index (χ3v) is 4.40. The molecule has 0 bridgehead atoms. The molecule has 2 aromatic rings. The molecular formula is C13H9Cl3N2O3S. The number of amides is 1. The van der Waals surface area contributed by atoms with Crippen LogP contribution < -0.4 is 10.9 Å². The molecule has 0 radical (unpaired) electrons. The maximum Gasteiger partial charge on any atom is 0.348 e. The molecule has 0 aliphatic rings. The van der Waals surface area contributed by atoms with Crippen LogP contribution in [0.4, 0.5) is 5.69 Å². The van der Waals surface area contributed by atoms with E-state index < -0.39 is 11.9 Å². The molecule has 1 aromatic carbocycles. The first-order valence-electron chi connectivity index (χ1n) is 5.81. The molecule has 0 unspecified atom stereocenters. The minimum Gasteiger partial charge on any atom is -0.465 e. The first kappa shape index (κ1) is 16.9. The number of thiophene rings is 1. The van der Waals surface area contributed by atoms with Crippen molar-refractivity contribution in [2.24, 2.45) is 0 Å². The lowest BCUT2D eigenvalue weighted by Crippen LogP contribution is -2.29. The molecule has 22 heavy (non-hydrogen) atoms. The number of carbonyl (C=O) groups excluding carboxylic acids is 2. The minimum atomic E-state index is -0.499. The predicted octanol–water partition coefficient (Wildman–Crippen LogP) is 4.25. The van der Waals surface area contributed by atoms with E-state index in [-0.39, 0.29) is 10.0 Å². The standard InChI is InChI=1S/C13H9Cl3N2O3S/c1-21-13(20)10-3-2-9(22-10)12(19)18-17-11-7(15)4-6(14)5-8(11)16/h2-5,17H,1H3,(H,18,19). The number of hydrogen-bond acceptors (Lipinski definition) is 5. The van der Waals surface area contributed by atoms with Crippen molar-refractivity contribution in [2.45, 2.75) is 0 Å². The van der Waals surface area contributed by atoms with E-state index in [1.54, 1.807) is 0 Å². The normalized spacial score (nSPS) is 10.2. The number of hydrazine groups is 1. The van der Waals surface area contributed by atoms with Crippen LogP contribution in [0.2, 0.25) is 15.1 Å². The average Bonchev–Trinajstić information content (AvgIpc) is 2.94. The first-order valence-corrected chi connectivity index (χ1v) is 7.76. The monoisotopic (exact) mass is 378 g/mol. The molecule has 0 atom stereocenters. The van der Waals surface area contributed by atoms with Crippen LogP contribution in [-0.2, 0) is 4.74 Å². The van der Waals surface area contributed by atoms with Gasteiger partial charge >= 0.3 is 5.97 Å².